The number of rotatable bonds is 4. The van der Waals surface area contributed by atoms with Crippen LogP contribution in [0.3, 0.4) is 0 Å². The van der Waals surface area contributed by atoms with E-state index in [1.54, 1.807) is 17.6 Å². The maximum atomic E-state index is 11.4. The number of carbonyl (C=O) groups is 1. The first kappa shape index (κ1) is 16.4. The second kappa shape index (κ2) is 8.53. The number of nitrogens with one attached hydrogen (secondary N) is 1. The number of nitrogens with zero attached hydrogens (tertiary/aromatic N) is 2. The quantitative estimate of drug-likeness (QED) is 0.207. The van der Waals surface area contributed by atoms with Crippen molar-refractivity contribution in [2.24, 2.45) is 10.9 Å². The van der Waals surface area contributed by atoms with Crippen LogP contribution < -0.4 is 5.48 Å². The van der Waals surface area contributed by atoms with Gasteiger partial charge in [0.1, 0.15) is 5.84 Å². The van der Waals surface area contributed by atoms with Gasteiger partial charge in [0.25, 0.3) is 5.91 Å². The lowest BCUT2D eigenvalue weighted by Gasteiger charge is -2.32. The smallest absolute Gasteiger partial charge is 0.276 e. The SMILES string of the molecule is CC=C/C(=C\N=C(/C)N1CCC(CC)CC1)C(=O)NO. The molecule has 2 N–H and O–H groups in total. The third kappa shape index (κ3) is 4.81. The molecule has 0 aromatic heterocycles. The van der Waals surface area contributed by atoms with E-state index in [-0.39, 0.29) is 0 Å². The zero-order valence-corrected chi connectivity index (χ0v) is 12.6. The summed E-state index contributed by atoms with van der Waals surface area (Å²) in [5.74, 6) is 1.19. The zero-order valence-electron chi connectivity index (χ0n) is 12.6. The summed E-state index contributed by atoms with van der Waals surface area (Å²) in [5.41, 5.74) is 1.96. The number of allylic oxidation sites excluding steroid dienone is 1. The molecule has 20 heavy (non-hydrogen) atoms. The van der Waals surface area contributed by atoms with Crippen LogP contribution in [0.15, 0.2) is 28.9 Å². The van der Waals surface area contributed by atoms with Crippen LogP contribution in [0.4, 0.5) is 0 Å². The van der Waals surface area contributed by atoms with Crippen molar-refractivity contribution in [3.63, 3.8) is 0 Å². The van der Waals surface area contributed by atoms with Crippen molar-refractivity contribution in [1.29, 1.82) is 0 Å². The Labute approximate surface area is 121 Å². The molecule has 1 rings (SSSR count). The summed E-state index contributed by atoms with van der Waals surface area (Å²) in [5, 5.41) is 8.67. The average Bonchev–Trinajstić information content (AvgIpc) is 2.50. The molecule has 112 valence electrons. The molecule has 0 unspecified atom stereocenters. The first-order chi connectivity index (χ1) is 9.62. The molecule has 0 atom stereocenters. The van der Waals surface area contributed by atoms with E-state index in [9.17, 15) is 4.79 Å². The molecule has 1 aliphatic rings. The van der Waals surface area contributed by atoms with Crippen molar-refractivity contribution in [2.75, 3.05) is 13.1 Å². The molecular formula is C15H25N3O2. The summed E-state index contributed by atoms with van der Waals surface area (Å²) in [6.07, 6.45) is 8.49. The molecule has 5 heteroatoms. The van der Waals surface area contributed by atoms with Crippen molar-refractivity contribution in [3.8, 4) is 0 Å². The van der Waals surface area contributed by atoms with Crippen LogP contribution in [-0.4, -0.2) is 34.9 Å². The van der Waals surface area contributed by atoms with E-state index in [0.717, 1.165) is 24.8 Å². The highest BCUT2D eigenvalue weighted by molar-refractivity contribution is 5.95. The lowest BCUT2D eigenvalue weighted by molar-refractivity contribution is -0.124. The molecule has 0 aromatic carbocycles. The van der Waals surface area contributed by atoms with Crippen molar-refractivity contribution >= 4 is 11.7 Å². The van der Waals surface area contributed by atoms with Gasteiger partial charge in [-0.15, -0.1) is 0 Å². The summed E-state index contributed by atoms with van der Waals surface area (Å²) in [6.45, 7) is 8.04. The molecule has 1 saturated heterocycles. The topological polar surface area (TPSA) is 64.9 Å². The first-order valence-electron chi connectivity index (χ1n) is 7.19. The Kier molecular flexibility index (Phi) is 7.01. The van der Waals surface area contributed by atoms with Crippen LogP contribution in [0.25, 0.3) is 0 Å². The van der Waals surface area contributed by atoms with Gasteiger partial charge in [-0.05, 0) is 32.6 Å². The van der Waals surface area contributed by atoms with E-state index in [2.05, 4.69) is 16.8 Å². The number of hydroxylamine groups is 1. The first-order valence-corrected chi connectivity index (χ1v) is 7.19. The van der Waals surface area contributed by atoms with Gasteiger partial charge in [0.05, 0.1) is 5.57 Å². The number of hydrogen-bond donors (Lipinski definition) is 2. The molecule has 0 bridgehead atoms. The highest BCUT2D eigenvalue weighted by Gasteiger charge is 2.18. The van der Waals surface area contributed by atoms with Crippen LogP contribution in [0.5, 0.6) is 0 Å². The van der Waals surface area contributed by atoms with E-state index in [4.69, 9.17) is 5.21 Å². The molecule has 1 aliphatic heterocycles. The third-order valence-corrected chi connectivity index (χ3v) is 3.75. The van der Waals surface area contributed by atoms with E-state index < -0.39 is 5.91 Å². The largest absolute Gasteiger partial charge is 0.360 e. The lowest BCUT2D eigenvalue weighted by Crippen LogP contribution is -2.36. The molecule has 0 saturated carbocycles. The Morgan fingerprint density at radius 3 is 2.60 bits per heavy atom. The minimum Gasteiger partial charge on any atom is -0.360 e. The van der Waals surface area contributed by atoms with Gasteiger partial charge in [-0.2, -0.15) is 0 Å². The Hall–Kier alpha value is -1.62. The van der Waals surface area contributed by atoms with Crippen molar-refractivity contribution in [2.45, 2.75) is 40.0 Å². The van der Waals surface area contributed by atoms with E-state index >= 15 is 0 Å². The summed E-state index contributed by atoms with van der Waals surface area (Å²) in [7, 11) is 0. The average molecular weight is 279 g/mol. The maximum absolute atomic E-state index is 11.4. The van der Waals surface area contributed by atoms with Gasteiger partial charge in [-0.1, -0.05) is 25.5 Å². The molecule has 0 aliphatic carbocycles. The summed E-state index contributed by atoms with van der Waals surface area (Å²) in [6, 6.07) is 0. The van der Waals surface area contributed by atoms with Crippen LogP contribution in [0.2, 0.25) is 0 Å². The van der Waals surface area contributed by atoms with Gasteiger partial charge in [0, 0.05) is 19.3 Å². The standard InChI is InChI=1S/C15H25N3O2/c1-4-6-14(15(19)17-20)11-16-12(3)18-9-7-13(5-2)8-10-18/h4,6,11,13,20H,5,7-10H2,1-3H3,(H,17,19)/b6-4?,14-11+,16-12+. The number of amidine groups is 1. The maximum Gasteiger partial charge on any atom is 0.276 e. The van der Waals surface area contributed by atoms with Gasteiger partial charge < -0.3 is 4.90 Å². The molecule has 0 spiro atoms. The van der Waals surface area contributed by atoms with Gasteiger partial charge in [-0.25, -0.2) is 10.5 Å². The molecule has 0 aromatic rings. The predicted molar refractivity (Wildman–Crippen MR) is 80.5 cm³/mol. The number of aliphatic imine (C=N–C) groups is 1. The van der Waals surface area contributed by atoms with Gasteiger partial charge >= 0.3 is 0 Å². The fraction of sp³-hybridized carbons (Fsp3) is 0.600. The minimum atomic E-state index is -0.552. The van der Waals surface area contributed by atoms with Gasteiger partial charge in [-0.3, -0.25) is 10.0 Å². The summed E-state index contributed by atoms with van der Waals surface area (Å²) in [4.78, 5) is 18.0. The Morgan fingerprint density at radius 2 is 2.10 bits per heavy atom. The normalized spacial score (nSPS) is 18.7. The molecule has 5 nitrogen and oxygen atoms in total. The zero-order chi connectivity index (χ0) is 15.0. The van der Waals surface area contributed by atoms with Gasteiger partial charge in [0.15, 0.2) is 0 Å². The van der Waals surface area contributed by atoms with Crippen LogP contribution >= 0.6 is 0 Å². The summed E-state index contributed by atoms with van der Waals surface area (Å²) >= 11 is 0. The van der Waals surface area contributed by atoms with E-state index in [1.165, 1.54) is 25.5 Å². The predicted octanol–water partition coefficient (Wildman–Crippen LogP) is 2.49. The molecule has 1 amide bonds. The monoisotopic (exact) mass is 279 g/mol. The number of amides is 1. The summed E-state index contributed by atoms with van der Waals surface area (Å²) < 4.78 is 0. The van der Waals surface area contributed by atoms with Crippen LogP contribution in [0, 0.1) is 5.92 Å². The second-order valence-corrected chi connectivity index (χ2v) is 5.04. The highest BCUT2D eigenvalue weighted by Crippen LogP contribution is 2.20. The number of piperidine rings is 1. The third-order valence-electron chi connectivity index (χ3n) is 3.75. The highest BCUT2D eigenvalue weighted by atomic mass is 16.5. The molecule has 1 heterocycles. The van der Waals surface area contributed by atoms with Crippen LogP contribution in [-0.2, 0) is 4.79 Å². The number of carbonyl (C=O) groups excluding carboxylic acids is 1. The minimum absolute atomic E-state index is 0.331. The Morgan fingerprint density at radius 1 is 1.45 bits per heavy atom. The fourth-order valence-electron chi connectivity index (χ4n) is 2.33. The van der Waals surface area contributed by atoms with Crippen molar-refractivity contribution in [3.05, 3.63) is 23.9 Å². The fourth-order valence-corrected chi connectivity index (χ4v) is 2.33. The Balaban J connectivity index is 2.70. The van der Waals surface area contributed by atoms with Crippen molar-refractivity contribution in [1.82, 2.24) is 10.4 Å². The number of hydrogen-bond acceptors (Lipinski definition) is 3. The Bertz CT molecular complexity index is 405. The van der Waals surface area contributed by atoms with Crippen molar-refractivity contribution < 1.29 is 10.0 Å². The number of likely N-dealkylation sites (tertiary alicyclic amines) is 1. The second-order valence-electron chi connectivity index (χ2n) is 5.04. The van der Waals surface area contributed by atoms with E-state index in [1.807, 2.05) is 13.8 Å². The van der Waals surface area contributed by atoms with E-state index in [0.29, 0.717) is 5.57 Å². The van der Waals surface area contributed by atoms with Crippen LogP contribution in [0.1, 0.15) is 40.0 Å². The molecule has 0 radical (unpaired) electrons. The lowest BCUT2D eigenvalue weighted by atomic mass is 9.94. The molecular weight excluding hydrogens is 254 g/mol. The van der Waals surface area contributed by atoms with Gasteiger partial charge in [0.2, 0.25) is 0 Å². The molecule has 1 fully saturated rings.